The van der Waals surface area contributed by atoms with Crippen molar-refractivity contribution >= 4 is 11.6 Å². The standard InChI is InChI=1S/C14H14FN3O3/c15-13-9-11(18(20)21)5-6-12(13)14(19)17(8-7-16)10-3-1-2-4-10/h5-6,9-10H,1-4,8H2. The number of rotatable bonds is 4. The first-order valence-corrected chi connectivity index (χ1v) is 6.66. The first-order valence-electron chi connectivity index (χ1n) is 6.66. The number of hydrogen-bond donors (Lipinski definition) is 0. The van der Waals surface area contributed by atoms with Crippen LogP contribution in [0.2, 0.25) is 0 Å². The Morgan fingerprint density at radius 3 is 2.67 bits per heavy atom. The summed E-state index contributed by atoms with van der Waals surface area (Å²) in [5, 5.41) is 19.4. The highest BCUT2D eigenvalue weighted by Gasteiger charge is 2.29. The molecule has 1 saturated carbocycles. The number of nitro groups is 1. The second kappa shape index (κ2) is 6.31. The van der Waals surface area contributed by atoms with E-state index in [1.807, 2.05) is 6.07 Å². The maximum absolute atomic E-state index is 13.9. The molecule has 0 unspecified atom stereocenters. The van der Waals surface area contributed by atoms with E-state index in [9.17, 15) is 19.3 Å². The fourth-order valence-corrected chi connectivity index (χ4v) is 2.60. The third kappa shape index (κ3) is 3.16. The highest BCUT2D eigenvalue weighted by Crippen LogP contribution is 2.26. The van der Waals surface area contributed by atoms with Crippen molar-refractivity contribution in [1.82, 2.24) is 4.90 Å². The molecule has 0 saturated heterocycles. The monoisotopic (exact) mass is 291 g/mol. The number of benzene rings is 1. The van der Waals surface area contributed by atoms with Crippen LogP contribution in [0.1, 0.15) is 36.0 Å². The van der Waals surface area contributed by atoms with E-state index < -0.39 is 22.3 Å². The van der Waals surface area contributed by atoms with Crippen molar-refractivity contribution in [2.24, 2.45) is 0 Å². The van der Waals surface area contributed by atoms with Crippen LogP contribution in [0, 0.1) is 27.3 Å². The summed E-state index contributed by atoms with van der Waals surface area (Å²) in [5.41, 5.74) is -0.639. The maximum Gasteiger partial charge on any atom is 0.272 e. The molecule has 0 atom stereocenters. The highest BCUT2D eigenvalue weighted by atomic mass is 19.1. The molecular formula is C14H14FN3O3. The molecule has 1 amide bonds. The van der Waals surface area contributed by atoms with Crippen LogP contribution in [0.3, 0.4) is 0 Å². The SMILES string of the molecule is N#CCN(C(=O)c1ccc([N+](=O)[O-])cc1F)C1CCCC1. The van der Waals surface area contributed by atoms with Crippen LogP contribution in [-0.4, -0.2) is 28.3 Å². The summed E-state index contributed by atoms with van der Waals surface area (Å²) in [6.07, 6.45) is 3.54. The lowest BCUT2D eigenvalue weighted by Gasteiger charge is -2.26. The van der Waals surface area contributed by atoms with E-state index in [-0.39, 0.29) is 18.2 Å². The number of nitriles is 1. The van der Waals surface area contributed by atoms with Crippen LogP contribution in [0.25, 0.3) is 0 Å². The van der Waals surface area contributed by atoms with Gasteiger partial charge in [-0.25, -0.2) is 4.39 Å². The lowest BCUT2D eigenvalue weighted by molar-refractivity contribution is -0.385. The molecule has 0 heterocycles. The second-order valence-electron chi connectivity index (χ2n) is 4.95. The Kier molecular flexibility index (Phi) is 4.48. The van der Waals surface area contributed by atoms with Crippen LogP contribution < -0.4 is 0 Å². The third-order valence-electron chi connectivity index (χ3n) is 3.66. The van der Waals surface area contributed by atoms with Gasteiger partial charge in [-0.3, -0.25) is 14.9 Å². The fraction of sp³-hybridized carbons (Fsp3) is 0.429. The molecule has 0 radical (unpaired) electrons. The molecule has 21 heavy (non-hydrogen) atoms. The Morgan fingerprint density at radius 2 is 2.14 bits per heavy atom. The molecule has 1 aliphatic rings. The van der Waals surface area contributed by atoms with Gasteiger partial charge in [0, 0.05) is 12.1 Å². The number of amides is 1. The quantitative estimate of drug-likeness (QED) is 0.484. The Morgan fingerprint density at radius 1 is 1.48 bits per heavy atom. The Balaban J connectivity index is 2.28. The number of hydrogen-bond acceptors (Lipinski definition) is 4. The van der Waals surface area contributed by atoms with Gasteiger partial charge < -0.3 is 4.90 Å². The van der Waals surface area contributed by atoms with Crippen molar-refractivity contribution < 1.29 is 14.1 Å². The van der Waals surface area contributed by atoms with Gasteiger partial charge in [0.1, 0.15) is 12.4 Å². The fourth-order valence-electron chi connectivity index (χ4n) is 2.60. The molecule has 6 nitrogen and oxygen atoms in total. The van der Waals surface area contributed by atoms with Crippen molar-refractivity contribution in [2.45, 2.75) is 31.7 Å². The molecule has 0 N–H and O–H groups in total. The van der Waals surface area contributed by atoms with Gasteiger partial charge in [-0.2, -0.15) is 5.26 Å². The van der Waals surface area contributed by atoms with Gasteiger partial charge in [0.2, 0.25) is 0 Å². The van der Waals surface area contributed by atoms with Crippen molar-refractivity contribution in [2.75, 3.05) is 6.54 Å². The largest absolute Gasteiger partial charge is 0.322 e. The summed E-state index contributed by atoms with van der Waals surface area (Å²) >= 11 is 0. The minimum Gasteiger partial charge on any atom is -0.322 e. The van der Waals surface area contributed by atoms with Gasteiger partial charge in [0.05, 0.1) is 22.6 Å². The first kappa shape index (κ1) is 14.9. The summed E-state index contributed by atoms with van der Waals surface area (Å²) in [4.78, 5) is 23.6. The molecule has 1 aliphatic carbocycles. The Labute approximate surface area is 120 Å². The number of non-ortho nitro benzene ring substituents is 1. The molecule has 0 aromatic heterocycles. The summed E-state index contributed by atoms with van der Waals surface area (Å²) < 4.78 is 13.9. The number of carbonyl (C=O) groups is 1. The number of nitro benzene ring substituents is 1. The molecule has 2 rings (SSSR count). The highest BCUT2D eigenvalue weighted by molar-refractivity contribution is 5.95. The van der Waals surface area contributed by atoms with Crippen LogP contribution >= 0.6 is 0 Å². The topological polar surface area (TPSA) is 87.2 Å². The van der Waals surface area contributed by atoms with E-state index in [2.05, 4.69) is 0 Å². The van der Waals surface area contributed by atoms with E-state index in [0.29, 0.717) is 0 Å². The zero-order chi connectivity index (χ0) is 15.4. The van der Waals surface area contributed by atoms with Crippen molar-refractivity contribution in [3.05, 3.63) is 39.7 Å². The van der Waals surface area contributed by atoms with Gasteiger partial charge in [0.15, 0.2) is 0 Å². The van der Waals surface area contributed by atoms with Crippen molar-refractivity contribution in [3.63, 3.8) is 0 Å². The van der Waals surface area contributed by atoms with E-state index in [1.54, 1.807) is 0 Å². The molecule has 1 fully saturated rings. The molecule has 0 aliphatic heterocycles. The predicted molar refractivity (Wildman–Crippen MR) is 72.0 cm³/mol. The van der Waals surface area contributed by atoms with Crippen LogP contribution in [0.4, 0.5) is 10.1 Å². The second-order valence-corrected chi connectivity index (χ2v) is 4.95. The summed E-state index contributed by atoms with van der Waals surface area (Å²) in [5.74, 6) is -1.52. The smallest absolute Gasteiger partial charge is 0.272 e. The van der Waals surface area contributed by atoms with Gasteiger partial charge in [-0.05, 0) is 18.9 Å². The molecule has 7 heteroatoms. The lowest BCUT2D eigenvalue weighted by Crippen LogP contribution is -2.39. The molecule has 110 valence electrons. The van der Waals surface area contributed by atoms with Crippen LogP contribution in [0.15, 0.2) is 18.2 Å². The van der Waals surface area contributed by atoms with E-state index in [4.69, 9.17) is 5.26 Å². The molecule has 1 aromatic carbocycles. The van der Waals surface area contributed by atoms with Gasteiger partial charge >= 0.3 is 0 Å². The molecular weight excluding hydrogens is 277 g/mol. The average Bonchev–Trinajstić information content (AvgIpc) is 2.97. The molecule has 0 bridgehead atoms. The average molecular weight is 291 g/mol. The van der Waals surface area contributed by atoms with Crippen LogP contribution in [-0.2, 0) is 0 Å². The maximum atomic E-state index is 13.9. The molecule has 0 spiro atoms. The molecule has 1 aromatic rings. The zero-order valence-electron chi connectivity index (χ0n) is 11.3. The Bertz CT molecular complexity index is 606. The summed E-state index contributed by atoms with van der Waals surface area (Å²) in [7, 11) is 0. The van der Waals surface area contributed by atoms with Crippen molar-refractivity contribution in [3.8, 4) is 6.07 Å². The zero-order valence-corrected chi connectivity index (χ0v) is 11.3. The number of nitrogens with zero attached hydrogens (tertiary/aromatic N) is 3. The Hall–Kier alpha value is -2.49. The minimum atomic E-state index is -0.935. The third-order valence-corrected chi connectivity index (χ3v) is 3.66. The van der Waals surface area contributed by atoms with Gasteiger partial charge in [-0.1, -0.05) is 12.8 Å². The predicted octanol–water partition coefficient (Wildman–Crippen LogP) is 2.64. The lowest BCUT2D eigenvalue weighted by atomic mass is 10.1. The minimum absolute atomic E-state index is 0.0632. The summed E-state index contributed by atoms with van der Waals surface area (Å²) in [6.45, 7) is -0.111. The normalized spacial score (nSPS) is 14.7. The summed E-state index contributed by atoms with van der Waals surface area (Å²) in [6, 6.07) is 4.78. The van der Waals surface area contributed by atoms with Crippen molar-refractivity contribution in [1.29, 1.82) is 5.26 Å². The van der Waals surface area contributed by atoms with E-state index >= 15 is 0 Å². The van der Waals surface area contributed by atoms with Gasteiger partial charge in [0.25, 0.3) is 11.6 Å². The van der Waals surface area contributed by atoms with E-state index in [0.717, 1.165) is 43.9 Å². The number of carbonyl (C=O) groups excluding carboxylic acids is 1. The van der Waals surface area contributed by atoms with E-state index in [1.165, 1.54) is 4.90 Å². The number of halogens is 1. The van der Waals surface area contributed by atoms with Crippen LogP contribution in [0.5, 0.6) is 0 Å². The first-order chi connectivity index (χ1) is 10.0. The van der Waals surface area contributed by atoms with Gasteiger partial charge in [-0.15, -0.1) is 0 Å².